The van der Waals surface area contributed by atoms with Crippen molar-refractivity contribution in [2.45, 2.75) is 33.6 Å². The molecule has 1 aromatic rings. The monoisotopic (exact) mass is 202 g/mol. The Morgan fingerprint density at radius 1 is 1.13 bits per heavy atom. The molecule has 1 heteroatoms. The predicted octanol–water partition coefficient (Wildman–Crippen LogP) is 3.63. The van der Waals surface area contributed by atoms with Crippen LogP contribution in [0.5, 0.6) is 0 Å². The first-order valence-electron chi connectivity index (χ1n) is 5.60. The molecule has 0 radical (unpaired) electrons. The number of carbonyl (C=O) groups is 1. The van der Waals surface area contributed by atoms with Crippen LogP contribution in [0.2, 0.25) is 0 Å². The highest BCUT2D eigenvalue weighted by molar-refractivity contribution is 6.22. The van der Waals surface area contributed by atoms with E-state index in [1.807, 2.05) is 45.0 Å². The Hall–Kier alpha value is -1.37. The van der Waals surface area contributed by atoms with Crippen molar-refractivity contribution in [3.05, 3.63) is 41.5 Å². The summed E-state index contributed by atoms with van der Waals surface area (Å²) < 4.78 is 0. The highest BCUT2D eigenvalue weighted by atomic mass is 16.1. The second kappa shape index (κ2) is 5.50. The maximum Gasteiger partial charge on any atom is 0.163 e. The maximum absolute atomic E-state index is 11.5. The van der Waals surface area contributed by atoms with Gasteiger partial charge < -0.3 is 0 Å². The summed E-state index contributed by atoms with van der Waals surface area (Å²) in [5.74, 6) is 0.279. The molecule has 1 aliphatic rings. The van der Waals surface area contributed by atoms with Gasteiger partial charge in [0.15, 0.2) is 5.78 Å². The number of Topliss-reactive ketones (excluding diaryl/α,β-unsaturated/α-hetero) is 1. The van der Waals surface area contributed by atoms with E-state index in [0.29, 0.717) is 6.42 Å². The third kappa shape index (κ3) is 2.35. The number of benzene rings is 1. The van der Waals surface area contributed by atoms with Crippen LogP contribution >= 0.6 is 0 Å². The first-order chi connectivity index (χ1) is 7.33. The highest BCUT2D eigenvalue weighted by Crippen LogP contribution is 2.27. The Bertz CT molecular complexity index is 375. The molecule has 0 amide bonds. The minimum Gasteiger partial charge on any atom is -0.294 e. The molecule has 0 bridgehead atoms. The Labute approximate surface area is 91.8 Å². The summed E-state index contributed by atoms with van der Waals surface area (Å²) in [6.07, 6.45) is 3.48. The molecule has 15 heavy (non-hydrogen) atoms. The van der Waals surface area contributed by atoms with Gasteiger partial charge in [-0.05, 0) is 24.5 Å². The van der Waals surface area contributed by atoms with Crippen molar-refractivity contribution >= 4 is 11.4 Å². The van der Waals surface area contributed by atoms with Gasteiger partial charge in [0, 0.05) is 12.0 Å². The summed E-state index contributed by atoms with van der Waals surface area (Å²) in [5.41, 5.74) is 3.32. The summed E-state index contributed by atoms with van der Waals surface area (Å²) >= 11 is 0. The molecule has 0 saturated carbocycles. The lowest BCUT2D eigenvalue weighted by molar-refractivity contribution is -0.113. The fourth-order valence-corrected chi connectivity index (χ4v) is 1.85. The molecule has 1 aromatic carbocycles. The largest absolute Gasteiger partial charge is 0.294 e. The van der Waals surface area contributed by atoms with Crippen molar-refractivity contribution in [2.24, 2.45) is 0 Å². The van der Waals surface area contributed by atoms with E-state index in [1.165, 1.54) is 5.56 Å². The van der Waals surface area contributed by atoms with Crippen molar-refractivity contribution in [1.82, 2.24) is 0 Å². The fourth-order valence-electron chi connectivity index (χ4n) is 1.85. The molecule has 0 atom stereocenters. The van der Waals surface area contributed by atoms with Crippen LogP contribution in [-0.2, 0) is 11.2 Å². The molecule has 0 N–H and O–H groups in total. The first kappa shape index (κ1) is 11.7. The summed E-state index contributed by atoms with van der Waals surface area (Å²) in [5, 5.41) is 0. The van der Waals surface area contributed by atoms with Crippen LogP contribution < -0.4 is 0 Å². The number of rotatable bonds is 0. The Morgan fingerprint density at radius 2 is 1.80 bits per heavy atom. The van der Waals surface area contributed by atoms with E-state index in [9.17, 15) is 4.79 Å². The summed E-state index contributed by atoms with van der Waals surface area (Å²) in [4.78, 5) is 11.5. The van der Waals surface area contributed by atoms with Crippen LogP contribution in [0.15, 0.2) is 30.3 Å². The zero-order valence-corrected chi connectivity index (χ0v) is 9.71. The molecule has 0 aliphatic heterocycles. The molecule has 0 heterocycles. The predicted molar refractivity (Wildman–Crippen MR) is 64.8 cm³/mol. The number of ketones is 1. The van der Waals surface area contributed by atoms with Crippen molar-refractivity contribution in [3.63, 3.8) is 0 Å². The van der Waals surface area contributed by atoms with Crippen LogP contribution in [0.25, 0.3) is 5.57 Å². The highest BCUT2D eigenvalue weighted by Gasteiger charge is 2.19. The van der Waals surface area contributed by atoms with Gasteiger partial charge in [-0.15, -0.1) is 0 Å². The average Bonchev–Trinajstić information content (AvgIpc) is 2.32. The number of hydrogen-bond acceptors (Lipinski definition) is 1. The Balaban J connectivity index is 0.000000531. The van der Waals surface area contributed by atoms with Crippen molar-refractivity contribution < 1.29 is 4.79 Å². The molecular formula is C14H18O. The third-order valence-electron chi connectivity index (χ3n) is 2.52. The summed E-state index contributed by atoms with van der Waals surface area (Å²) in [7, 11) is 0. The number of hydrogen-bond donors (Lipinski definition) is 0. The molecule has 0 saturated heterocycles. The zero-order chi connectivity index (χ0) is 11.3. The van der Waals surface area contributed by atoms with Crippen LogP contribution in [0.1, 0.15) is 38.3 Å². The number of aryl methyl sites for hydroxylation is 1. The van der Waals surface area contributed by atoms with E-state index < -0.39 is 0 Å². The summed E-state index contributed by atoms with van der Waals surface area (Å²) in [6, 6.07) is 8.15. The topological polar surface area (TPSA) is 17.1 Å². The van der Waals surface area contributed by atoms with Gasteiger partial charge in [-0.3, -0.25) is 4.79 Å². The van der Waals surface area contributed by atoms with E-state index in [-0.39, 0.29) is 5.78 Å². The Kier molecular flexibility index (Phi) is 4.29. The molecule has 0 unspecified atom stereocenters. The van der Waals surface area contributed by atoms with Gasteiger partial charge in [0.2, 0.25) is 0 Å². The second-order valence-corrected chi connectivity index (χ2v) is 3.28. The average molecular weight is 202 g/mol. The quantitative estimate of drug-likeness (QED) is 0.587. The van der Waals surface area contributed by atoms with Gasteiger partial charge >= 0.3 is 0 Å². The van der Waals surface area contributed by atoms with E-state index in [2.05, 4.69) is 6.07 Å². The fraction of sp³-hybridized carbons (Fsp3) is 0.357. The summed E-state index contributed by atoms with van der Waals surface area (Å²) in [6.45, 7) is 5.93. The normalized spacial score (nSPS) is 16.7. The molecule has 80 valence electrons. The van der Waals surface area contributed by atoms with Gasteiger partial charge in [0.1, 0.15) is 0 Å². The van der Waals surface area contributed by atoms with E-state index >= 15 is 0 Å². The van der Waals surface area contributed by atoms with Crippen LogP contribution in [0, 0.1) is 0 Å². The lowest BCUT2D eigenvalue weighted by Gasteiger charge is -2.17. The Morgan fingerprint density at radius 3 is 2.47 bits per heavy atom. The molecule has 1 nitrogen and oxygen atoms in total. The van der Waals surface area contributed by atoms with E-state index in [4.69, 9.17) is 0 Å². The first-order valence-corrected chi connectivity index (χ1v) is 5.60. The number of allylic oxidation sites excluding steroid dienone is 2. The molecule has 0 spiro atoms. The molecular weight excluding hydrogens is 184 g/mol. The van der Waals surface area contributed by atoms with E-state index in [0.717, 1.165) is 17.6 Å². The van der Waals surface area contributed by atoms with Gasteiger partial charge in [0.05, 0.1) is 0 Å². The van der Waals surface area contributed by atoms with Crippen LogP contribution in [0.3, 0.4) is 0 Å². The smallest absolute Gasteiger partial charge is 0.163 e. The number of carbonyl (C=O) groups excluding carboxylic acids is 1. The van der Waals surface area contributed by atoms with Crippen molar-refractivity contribution in [3.8, 4) is 0 Å². The molecule has 0 fully saturated rings. The van der Waals surface area contributed by atoms with E-state index in [1.54, 1.807) is 0 Å². The SMILES string of the molecule is C/C=C1/C(=O)CCc2ccccc21.CC. The number of fused-ring (bicyclic) bond motifs is 1. The lowest BCUT2D eigenvalue weighted by atomic mass is 9.86. The van der Waals surface area contributed by atoms with Crippen LogP contribution in [0.4, 0.5) is 0 Å². The maximum atomic E-state index is 11.5. The minimum atomic E-state index is 0.279. The van der Waals surface area contributed by atoms with Crippen molar-refractivity contribution in [2.75, 3.05) is 0 Å². The zero-order valence-electron chi connectivity index (χ0n) is 9.71. The van der Waals surface area contributed by atoms with Gasteiger partial charge in [-0.2, -0.15) is 0 Å². The minimum absolute atomic E-state index is 0.279. The molecule has 0 aromatic heterocycles. The second-order valence-electron chi connectivity index (χ2n) is 3.28. The van der Waals surface area contributed by atoms with Gasteiger partial charge in [-0.1, -0.05) is 44.2 Å². The van der Waals surface area contributed by atoms with Crippen LogP contribution in [-0.4, -0.2) is 5.78 Å². The van der Waals surface area contributed by atoms with Crippen molar-refractivity contribution in [1.29, 1.82) is 0 Å². The molecule has 2 rings (SSSR count). The lowest BCUT2D eigenvalue weighted by Crippen LogP contribution is -2.11. The standard InChI is InChI=1S/C12H12O.C2H6/c1-2-10-11-6-4-3-5-9(11)7-8-12(10)13;1-2/h2-6H,7-8H2,1H3;1-2H3/b10-2+;. The van der Waals surface area contributed by atoms with Gasteiger partial charge in [-0.25, -0.2) is 0 Å². The molecule has 1 aliphatic carbocycles. The van der Waals surface area contributed by atoms with Gasteiger partial charge in [0.25, 0.3) is 0 Å². The third-order valence-corrected chi connectivity index (χ3v) is 2.52.